The molecule has 1 N–H and O–H groups in total. The Kier molecular flexibility index (Phi) is 8.34. The van der Waals surface area contributed by atoms with Crippen LogP contribution in [-0.4, -0.2) is 29.4 Å². The van der Waals surface area contributed by atoms with Crippen molar-refractivity contribution >= 4 is 34.2 Å². The van der Waals surface area contributed by atoms with Gasteiger partial charge in [-0.1, -0.05) is 43.7 Å². The van der Waals surface area contributed by atoms with Gasteiger partial charge in [-0.3, -0.25) is 4.79 Å². The van der Waals surface area contributed by atoms with Crippen LogP contribution in [0.2, 0.25) is 0 Å². The number of carbonyl (C=O) groups is 1. The van der Waals surface area contributed by atoms with E-state index in [0.717, 1.165) is 41.2 Å². The minimum absolute atomic E-state index is 0.0250. The van der Waals surface area contributed by atoms with Crippen molar-refractivity contribution in [1.82, 2.24) is 9.88 Å². The second-order valence-electron chi connectivity index (χ2n) is 7.34. The molecule has 1 heterocycles. The molecule has 3 aromatic rings. The normalized spacial score (nSPS) is 12.0. The molecule has 0 saturated carbocycles. The van der Waals surface area contributed by atoms with Crippen LogP contribution < -0.4 is 5.32 Å². The van der Waals surface area contributed by atoms with Crippen LogP contribution in [0.5, 0.6) is 0 Å². The molecule has 0 aliphatic carbocycles. The third-order valence-corrected chi connectivity index (χ3v) is 5.89. The molecule has 1 amide bonds. The highest BCUT2D eigenvalue weighted by Crippen LogP contribution is 2.27. The van der Waals surface area contributed by atoms with Gasteiger partial charge in [0, 0.05) is 42.1 Å². The van der Waals surface area contributed by atoms with E-state index in [1.807, 2.05) is 35.8 Å². The lowest BCUT2D eigenvalue weighted by molar-refractivity contribution is 0.102. The highest BCUT2D eigenvalue weighted by Gasteiger charge is 2.13. The van der Waals surface area contributed by atoms with Gasteiger partial charge in [0.15, 0.2) is 0 Å². The molecule has 0 aliphatic heterocycles. The topological polar surface area (TPSA) is 45.2 Å². The molecule has 0 saturated heterocycles. The largest absolute Gasteiger partial charge is 0.374 e. The third kappa shape index (κ3) is 5.92. The van der Waals surface area contributed by atoms with Crippen LogP contribution in [0.15, 0.2) is 72.3 Å². The second-order valence-corrected chi connectivity index (χ2v) is 8.24. The number of unbranched alkanes of at least 4 members (excludes halogenated alkanes) is 1. The zero-order valence-electron chi connectivity index (χ0n) is 18.6. The Morgan fingerprint density at radius 1 is 1.16 bits per heavy atom. The maximum absolute atomic E-state index is 13.9. The molecule has 0 bridgehead atoms. The molecule has 32 heavy (non-hydrogen) atoms. The predicted octanol–water partition coefficient (Wildman–Crippen LogP) is 6.71. The van der Waals surface area contributed by atoms with Crippen molar-refractivity contribution in [3.63, 3.8) is 0 Å². The minimum Gasteiger partial charge on any atom is -0.374 e. The summed E-state index contributed by atoms with van der Waals surface area (Å²) in [6.45, 7) is 5.11. The first kappa shape index (κ1) is 23.4. The van der Waals surface area contributed by atoms with E-state index in [9.17, 15) is 9.18 Å². The molecule has 0 atom stereocenters. The molecule has 3 rings (SSSR count). The highest BCUT2D eigenvalue weighted by molar-refractivity contribution is 7.10. The van der Waals surface area contributed by atoms with Gasteiger partial charge in [-0.2, -0.15) is 0 Å². The van der Waals surface area contributed by atoms with E-state index < -0.39 is 11.7 Å². The van der Waals surface area contributed by atoms with E-state index in [1.165, 1.54) is 12.1 Å². The fourth-order valence-electron chi connectivity index (χ4n) is 3.17. The fraction of sp³-hybridized carbons (Fsp3) is 0.231. The Balaban J connectivity index is 1.88. The van der Waals surface area contributed by atoms with Gasteiger partial charge in [-0.25, -0.2) is 9.37 Å². The average Bonchev–Trinajstić information content (AvgIpc) is 3.34. The zero-order chi connectivity index (χ0) is 22.9. The van der Waals surface area contributed by atoms with Gasteiger partial charge in [0.1, 0.15) is 10.8 Å². The standard InChI is InChI=1S/C26H28FN3OS/c1-4-6-9-20(26-28-16-17-32-26)18-24(30(3)5-2)19-12-14-21(15-13-19)29-25(31)22-10-7-8-11-23(22)27/h7-18H,4-6H2,1-3H3,(H,29,31)/b20-9-,24-18-. The number of nitrogens with zero attached hydrogens (tertiary/aromatic N) is 2. The summed E-state index contributed by atoms with van der Waals surface area (Å²) in [7, 11) is 2.05. The molecular formula is C26H28FN3OS. The first-order valence-electron chi connectivity index (χ1n) is 10.7. The van der Waals surface area contributed by atoms with Crippen LogP contribution in [0.4, 0.5) is 10.1 Å². The van der Waals surface area contributed by atoms with Gasteiger partial charge >= 0.3 is 0 Å². The lowest BCUT2D eigenvalue weighted by Gasteiger charge is -2.22. The van der Waals surface area contributed by atoms with Crippen molar-refractivity contribution in [3.8, 4) is 0 Å². The molecule has 2 aromatic carbocycles. The summed E-state index contributed by atoms with van der Waals surface area (Å²) in [5, 5.41) is 5.75. The molecule has 4 nitrogen and oxygen atoms in total. The van der Waals surface area contributed by atoms with Gasteiger partial charge in [0.05, 0.1) is 5.56 Å². The van der Waals surface area contributed by atoms with Gasteiger partial charge in [-0.15, -0.1) is 11.3 Å². The number of carbonyl (C=O) groups excluding carboxylic acids is 1. The van der Waals surface area contributed by atoms with Crippen LogP contribution in [0.25, 0.3) is 11.3 Å². The molecule has 0 aliphatic rings. The van der Waals surface area contributed by atoms with Gasteiger partial charge < -0.3 is 10.2 Å². The molecule has 0 fully saturated rings. The zero-order valence-corrected chi connectivity index (χ0v) is 19.5. The molecule has 0 spiro atoms. The number of hydrogen-bond acceptors (Lipinski definition) is 4. The summed E-state index contributed by atoms with van der Waals surface area (Å²) < 4.78 is 13.9. The lowest BCUT2D eigenvalue weighted by Crippen LogP contribution is -2.16. The van der Waals surface area contributed by atoms with Gasteiger partial charge in [0.25, 0.3) is 5.91 Å². The van der Waals surface area contributed by atoms with E-state index in [0.29, 0.717) is 5.69 Å². The van der Waals surface area contributed by atoms with Crippen molar-refractivity contribution in [2.24, 2.45) is 0 Å². The molecule has 166 valence electrons. The maximum atomic E-state index is 13.9. The Morgan fingerprint density at radius 3 is 2.53 bits per heavy atom. The highest BCUT2D eigenvalue weighted by atomic mass is 32.1. The SMILES string of the molecule is CCC/C=C(/C=C(/c1ccc(NC(=O)c2ccccc2F)cc1)N(C)CC)c1nccs1. The predicted molar refractivity (Wildman–Crippen MR) is 132 cm³/mol. The minimum atomic E-state index is -0.537. The van der Waals surface area contributed by atoms with E-state index >= 15 is 0 Å². The van der Waals surface area contributed by atoms with Crippen molar-refractivity contribution in [3.05, 3.63) is 94.2 Å². The molecule has 0 radical (unpaired) electrons. The summed E-state index contributed by atoms with van der Waals surface area (Å²) in [6.07, 6.45) is 8.27. The van der Waals surface area contributed by atoms with Crippen molar-refractivity contribution in [2.75, 3.05) is 18.9 Å². The lowest BCUT2D eigenvalue weighted by atomic mass is 10.1. The number of rotatable bonds is 9. The summed E-state index contributed by atoms with van der Waals surface area (Å²) in [5.41, 5.74) is 3.84. The Bertz CT molecular complexity index is 1090. The van der Waals surface area contributed by atoms with Crippen LogP contribution in [0.1, 0.15) is 47.6 Å². The molecule has 0 unspecified atom stereocenters. The number of halogens is 1. The molecule has 1 aromatic heterocycles. The summed E-state index contributed by atoms with van der Waals surface area (Å²) in [4.78, 5) is 19.1. The summed E-state index contributed by atoms with van der Waals surface area (Å²) in [5.74, 6) is -1.00. The smallest absolute Gasteiger partial charge is 0.258 e. The Hall–Kier alpha value is -3.25. The quantitative estimate of drug-likeness (QED) is 0.369. The van der Waals surface area contributed by atoms with E-state index in [4.69, 9.17) is 0 Å². The number of nitrogens with one attached hydrogen (secondary N) is 1. The summed E-state index contributed by atoms with van der Waals surface area (Å²) in [6, 6.07) is 13.6. The number of allylic oxidation sites excluding steroid dienone is 3. The van der Waals surface area contributed by atoms with Gasteiger partial charge in [-0.05, 0) is 49.2 Å². The Morgan fingerprint density at radius 2 is 1.91 bits per heavy atom. The first-order chi connectivity index (χ1) is 15.5. The maximum Gasteiger partial charge on any atom is 0.258 e. The molecular weight excluding hydrogens is 421 g/mol. The monoisotopic (exact) mass is 449 g/mol. The molecule has 6 heteroatoms. The van der Waals surface area contributed by atoms with Crippen molar-refractivity contribution in [1.29, 1.82) is 0 Å². The third-order valence-electron chi connectivity index (χ3n) is 5.07. The Labute approximate surface area is 193 Å². The number of anilines is 1. The van der Waals surface area contributed by atoms with E-state index in [-0.39, 0.29) is 5.56 Å². The second kappa shape index (κ2) is 11.4. The van der Waals surface area contributed by atoms with Crippen LogP contribution >= 0.6 is 11.3 Å². The van der Waals surface area contributed by atoms with Crippen LogP contribution in [0, 0.1) is 5.82 Å². The number of benzene rings is 2. The van der Waals surface area contributed by atoms with Crippen LogP contribution in [0.3, 0.4) is 0 Å². The van der Waals surface area contributed by atoms with Gasteiger partial charge in [0.2, 0.25) is 0 Å². The van der Waals surface area contributed by atoms with Crippen molar-refractivity contribution < 1.29 is 9.18 Å². The number of hydrogen-bond donors (Lipinski definition) is 1. The fourth-order valence-corrected chi connectivity index (χ4v) is 3.82. The van der Waals surface area contributed by atoms with Crippen molar-refractivity contribution in [2.45, 2.75) is 26.7 Å². The van der Waals surface area contributed by atoms with E-state index in [1.54, 1.807) is 23.5 Å². The number of thiazole rings is 1. The summed E-state index contributed by atoms with van der Waals surface area (Å²) >= 11 is 1.63. The number of aromatic nitrogens is 1. The van der Waals surface area contributed by atoms with Crippen LogP contribution in [-0.2, 0) is 0 Å². The van der Waals surface area contributed by atoms with E-state index in [2.05, 4.69) is 48.2 Å². The average molecular weight is 450 g/mol. The number of amides is 1. The first-order valence-corrected chi connectivity index (χ1v) is 11.6.